The van der Waals surface area contributed by atoms with E-state index in [2.05, 4.69) is 34.6 Å². The maximum atomic E-state index is 11.8. The zero-order chi connectivity index (χ0) is 18.6. The Morgan fingerprint density at radius 2 is 2.12 bits per heavy atom. The average molecular weight is 414 g/mol. The highest BCUT2D eigenvalue weighted by molar-refractivity contribution is 8.01. The number of hydrogen-bond donors (Lipinski definition) is 1. The number of nitrogens with zero attached hydrogens (tertiary/aromatic N) is 2. The third-order valence-corrected chi connectivity index (χ3v) is 7.51. The number of anilines is 2. The quantitative estimate of drug-likeness (QED) is 0.546. The summed E-state index contributed by atoms with van der Waals surface area (Å²) < 4.78 is 28.6. The molecule has 0 bridgehead atoms. The SMILES string of the molecule is CCc1ccc(Nc2nnc(SCC(=O)O[C@H]3CCS(=O)(=O)C3)s2)cc1. The minimum absolute atomic E-state index is 0.0763. The van der Waals surface area contributed by atoms with Gasteiger partial charge in [-0.25, -0.2) is 8.42 Å². The van der Waals surface area contributed by atoms with E-state index in [1.807, 2.05) is 12.1 Å². The van der Waals surface area contributed by atoms with Crippen molar-refractivity contribution < 1.29 is 17.9 Å². The second-order valence-electron chi connectivity index (χ2n) is 5.85. The van der Waals surface area contributed by atoms with E-state index in [0.717, 1.165) is 12.1 Å². The first-order valence-corrected chi connectivity index (χ1v) is 11.8. The molecule has 7 nitrogen and oxygen atoms in total. The highest BCUT2D eigenvalue weighted by Crippen LogP contribution is 2.28. The molecule has 1 aliphatic rings. The lowest BCUT2D eigenvalue weighted by Gasteiger charge is -2.09. The van der Waals surface area contributed by atoms with Crippen molar-refractivity contribution in [2.45, 2.75) is 30.2 Å². The molecule has 1 aromatic heterocycles. The lowest BCUT2D eigenvalue weighted by molar-refractivity contribution is -0.144. The summed E-state index contributed by atoms with van der Waals surface area (Å²) in [7, 11) is -3.05. The molecule has 0 aliphatic carbocycles. The van der Waals surface area contributed by atoms with Gasteiger partial charge in [-0.15, -0.1) is 10.2 Å². The monoisotopic (exact) mass is 413 g/mol. The number of nitrogens with one attached hydrogen (secondary N) is 1. The highest BCUT2D eigenvalue weighted by Gasteiger charge is 2.30. The second kappa shape index (κ2) is 8.36. The summed E-state index contributed by atoms with van der Waals surface area (Å²) in [6.07, 6.45) is 0.844. The number of hydrogen-bond acceptors (Lipinski definition) is 9. The first-order valence-electron chi connectivity index (χ1n) is 8.15. The van der Waals surface area contributed by atoms with Crippen LogP contribution in [0.3, 0.4) is 0 Å². The Kier molecular flexibility index (Phi) is 6.15. The van der Waals surface area contributed by atoms with E-state index in [-0.39, 0.29) is 17.3 Å². The van der Waals surface area contributed by atoms with Gasteiger partial charge in [0.2, 0.25) is 5.13 Å². The highest BCUT2D eigenvalue weighted by atomic mass is 32.2. The molecule has 0 saturated carbocycles. The van der Waals surface area contributed by atoms with Gasteiger partial charge in [0, 0.05) is 5.69 Å². The van der Waals surface area contributed by atoms with Crippen molar-refractivity contribution in [1.29, 1.82) is 0 Å². The number of ether oxygens (including phenoxy) is 1. The van der Waals surface area contributed by atoms with Gasteiger partial charge in [-0.1, -0.05) is 42.2 Å². The zero-order valence-corrected chi connectivity index (χ0v) is 16.6. The van der Waals surface area contributed by atoms with Crippen molar-refractivity contribution in [3.63, 3.8) is 0 Å². The Morgan fingerprint density at radius 3 is 2.77 bits per heavy atom. The van der Waals surface area contributed by atoms with Crippen molar-refractivity contribution in [2.24, 2.45) is 0 Å². The minimum atomic E-state index is -3.05. The summed E-state index contributed by atoms with van der Waals surface area (Å²) in [4.78, 5) is 11.8. The van der Waals surface area contributed by atoms with Gasteiger partial charge in [-0.05, 0) is 30.5 Å². The fourth-order valence-electron chi connectivity index (χ4n) is 2.46. The second-order valence-corrected chi connectivity index (χ2v) is 10.3. The molecule has 2 aromatic rings. The fourth-order valence-corrected chi connectivity index (χ4v) is 5.60. The summed E-state index contributed by atoms with van der Waals surface area (Å²) in [6, 6.07) is 8.08. The minimum Gasteiger partial charge on any atom is -0.461 e. The van der Waals surface area contributed by atoms with Crippen LogP contribution in [0.5, 0.6) is 0 Å². The molecule has 1 saturated heterocycles. The number of sulfone groups is 1. The Hall–Kier alpha value is -1.65. The summed E-state index contributed by atoms with van der Waals surface area (Å²) in [5.74, 6) is -0.344. The lowest BCUT2D eigenvalue weighted by atomic mass is 10.1. The molecule has 0 spiro atoms. The van der Waals surface area contributed by atoms with E-state index in [1.165, 1.54) is 28.7 Å². The number of esters is 1. The van der Waals surface area contributed by atoms with Crippen LogP contribution in [0.2, 0.25) is 0 Å². The summed E-state index contributed by atoms with van der Waals surface area (Å²) >= 11 is 2.58. The summed E-state index contributed by atoms with van der Waals surface area (Å²) in [5, 5.41) is 11.9. The van der Waals surface area contributed by atoms with E-state index < -0.39 is 21.9 Å². The molecular weight excluding hydrogens is 394 g/mol. The Labute approximate surface area is 160 Å². The number of carbonyl (C=O) groups excluding carboxylic acids is 1. The number of benzene rings is 1. The standard InChI is InChI=1S/C16H19N3O4S3/c1-2-11-3-5-12(6-4-11)17-15-18-19-16(25-15)24-9-14(20)23-13-7-8-26(21,22)10-13/h3-6,13H,2,7-10H2,1H3,(H,17,18)/t13-/m0/s1. The molecule has 1 fully saturated rings. The van der Waals surface area contributed by atoms with Crippen LogP contribution in [0.25, 0.3) is 0 Å². The zero-order valence-electron chi connectivity index (χ0n) is 14.2. The maximum absolute atomic E-state index is 11.8. The normalized spacial score (nSPS) is 18.6. The Bertz CT molecular complexity index is 865. The molecule has 26 heavy (non-hydrogen) atoms. The van der Waals surface area contributed by atoms with E-state index >= 15 is 0 Å². The third-order valence-electron chi connectivity index (χ3n) is 3.82. The molecule has 0 amide bonds. The van der Waals surface area contributed by atoms with Crippen molar-refractivity contribution in [3.8, 4) is 0 Å². The van der Waals surface area contributed by atoms with Crippen molar-refractivity contribution in [2.75, 3.05) is 22.6 Å². The molecule has 10 heteroatoms. The van der Waals surface area contributed by atoms with Crippen LogP contribution >= 0.6 is 23.1 Å². The van der Waals surface area contributed by atoms with Gasteiger partial charge in [0.1, 0.15) is 6.10 Å². The van der Waals surface area contributed by atoms with Crippen molar-refractivity contribution in [1.82, 2.24) is 10.2 Å². The van der Waals surface area contributed by atoms with E-state index in [0.29, 0.717) is 15.9 Å². The predicted molar refractivity (Wildman–Crippen MR) is 103 cm³/mol. The van der Waals surface area contributed by atoms with Gasteiger partial charge >= 0.3 is 5.97 Å². The first-order chi connectivity index (χ1) is 12.4. The molecule has 1 aliphatic heterocycles. The van der Waals surface area contributed by atoms with Gasteiger partial charge in [-0.2, -0.15) is 0 Å². The maximum Gasteiger partial charge on any atom is 0.316 e. The summed E-state index contributed by atoms with van der Waals surface area (Å²) in [6.45, 7) is 2.10. The van der Waals surface area contributed by atoms with Crippen LogP contribution in [-0.4, -0.2) is 47.9 Å². The van der Waals surface area contributed by atoms with Crippen LogP contribution in [0.1, 0.15) is 18.9 Å². The van der Waals surface area contributed by atoms with Crippen LogP contribution < -0.4 is 5.32 Å². The van der Waals surface area contributed by atoms with Gasteiger partial charge < -0.3 is 10.1 Å². The number of aromatic nitrogens is 2. The molecule has 1 N–H and O–H groups in total. The Morgan fingerprint density at radius 1 is 1.35 bits per heavy atom. The smallest absolute Gasteiger partial charge is 0.316 e. The van der Waals surface area contributed by atoms with E-state index in [1.54, 1.807) is 0 Å². The molecule has 1 atom stereocenters. The average Bonchev–Trinajstić information content (AvgIpc) is 3.19. The molecule has 0 radical (unpaired) electrons. The predicted octanol–water partition coefficient (Wildman–Crippen LogP) is 2.67. The fraction of sp³-hybridized carbons (Fsp3) is 0.438. The molecule has 3 rings (SSSR count). The topological polar surface area (TPSA) is 98.2 Å². The molecular formula is C16H19N3O4S3. The lowest BCUT2D eigenvalue weighted by Crippen LogP contribution is -2.20. The number of carbonyl (C=O) groups is 1. The molecule has 0 unspecified atom stereocenters. The van der Waals surface area contributed by atoms with Gasteiger partial charge in [-0.3, -0.25) is 4.79 Å². The largest absolute Gasteiger partial charge is 0.461 e. The molecule has 1 aromatic carbocycles. The van der Waals surface area contributed by atoms with E-state index in [4.69, 9.17) is 4.74 Å². The summed E-state index contributed by atoms with van der Waals surface area (Å²) in [5.41, 5.74) is 2.19. The van der Waals surface area contributed by atoms with Crippen molar-refractivity contribution in [3.05, 3.63) is 29.8 Å². The number of thioether (sulfide) groups is 1. The van der Waals surface area contributed by atoms with Gasteiger partial charge in [0.05, 0.1) is 17.3 Å². The number of rotatable bonds is 7. The van der Waals surface area contributed by atoms with Crippen LogP contribution in [-0.2, 0) is 25.8 Å². The van der Waals surface area contributed by atoms with Crippen LogP contribution in [0.15, 0.2) is 28.6 Å². The van der Waals surface area contributed by atoms with E-state index in [9.17, 15) is 13.2 Å². The van der Waals surface area contributed by atoms with Crippen molar-refractivity contribution >= 4 is 49.7 Å². The van der Waals surface area contributed by atoms with Gasteiger partial charge in [0.15, 0.2) is 14.2 Å². The Balaban J connectivity index is 1.46. The number of aryl methyl sites for hydroxylation is 1. The van der Waals surface area contributed by atoms with Crippen LogP contribution in [0, 0.1) is 0 Å². The molecule has 140 valence electrons. The van der Waals surface area contributed by atoms with Crippen LogP contribution in [0.4, 0.5) is 10.8 Å². The van der Waals surface area contributed by atoms with Gasteiger partial charge in [0.25, 0.3) is 0 Å². The first kappa shape index (κ1) is 19.1. The molecule has 2 heterocycles. The third kappa shape index (κ3) is 5.42.